The van der Waals surface area contributed by atoms with Gasteiger partial charge >= 0.3 is 0 Å². The smallest absolute Gasteiger partial charge is 0.252 e. The van der Waals surface area contributed by atoms with Gasteiger partial charge in [-0.15, -0.1) is 0 Å². The van der Waals surface area contributed by atoms with Gasteiger partial charge in [0.15, 0.2) is 0 Å². The lowest BCUT2D eigenvalue weighted by molar-refractivity contribution is -0.118. The van der Waals surface area contributed by atoms with Crippen LogP contribution in [0.15, 0.2) is 30.7 Å². The molecule has 0 aliphatic heterocycles. The lowest BCUT2D eigenvalue weighted by Crippen LogP contribution is -2.31. The largest absolute Gasteiger partial charge is 0.310 e. The highest BCUT2D eigenvalue weighted by Gasteiger charge is 2.56. The van der Waals surface area contributed by atoms with Crippen molar-refractivity contribution >= 4 is 23.4 Å². The minimum Gasteiger partial charge on any atom is -0.310 e. The predicted octanol–water partition coefficient (Wildman–Crippen LogP) is 3.71. The predicted molar refractivity (Wildman–Crippen MR) is 99.1 cm³/mol. The van der Waals surface area contributed by atoms with E-state index < -0.39 is 11.8 Å². The second-order valence-corrected chi connectivity index (χ2v) is 7.53. The van der Waals surface area contributed by atoms with Crippen LogP contribution in [-0.2, 0) is 4.79 Å². The molecule has 140 valence electrons. The second-order valence-electron chi connectivity index (χ2n) is 6.38. The highest BCUT2D eigenvalue weighted by Crippen LogP contribution is 2.50. The van der Waals surface area contributed by atoms with E-state index in [1.54, 1.807) is 22.0 Å². The van der Waals surface area contributed by atoms with Crippen molar-refractivity contribution in [3.63, 3.8) is 0 Å². The summed E-state index contributed by atoms with van der Waals surface area (Å²) in [5.74, 6) is -2.03. The molecule has 1 aliphatic rings. The number of rotatable bonds is 8. The average Bonchev–Trinajstić information content (AvgIpc) is 3.05. The summed E-state index contributed by atoms with van der Waals surface area (Å²) >= 11 is 1.43. The van der Waals surface area contributed by atoms with E-state index in [0.29, 0.717) is 24.5 Å². The number of aromatic nitrogens is 3. The van der Waals surface area contributed by atoms with E-state index in [9.17, 15) is 13.6 Å². The third kappa shape index (κ3) is 4.23. The topological polar surface area (TPSA) is 51.0 Å². The van der Waals surface area contributed by atoms with Crippen molar-refractivity contribution < 1.29 is 13.6 Å². The molecule has 0 N–H and O–H groups in total. The Kier molecular flexibility index (Phi) is 5.60. The van der Waals surface area contributed by atoms with E-state index in [1.165, 1.54) is 11.8 Å². The van der Waals surface area contributed by atoms with E-state index in [1.807, 2.05) is 32.2 Å². The number of hydrogen-bond acceptors (Lipinski definition) is 4. The van der Waals surface area contributed by atoms with E-state index in [4.69, 9.17) is 0 Å². The summed E-state index contributed by atoms with van der Waals surface area (Å²) in [5, 5.41) is 4.47. The zero-order valence-corrected chi connectivity index (χ0v) is 15.7. The Morgan fingerprint density at radius 2 is 2.27 bits per heavy atom. The maximum atomic E-state index is 12.9. The van der Waals surface area contributed by atoms with E-state index >= 15 is 0 Å². The third-order valence-corrected chi connectivity index (χ3v) is 5.56. The molecule has 0 spiro atoms. The summed E-state index contributed by atoms with van der Waals surface area (Å²) in [6.45, 7) is 4.31. The quantitative estimate of drug-likeness (QED) is 0.655. The maximum Gasteiger partial charge on any atom is 0.252 e. The summed E-state index contributed by atoms with van der Waals surface area (Å²) in [6.07, 6.45) is 5.54. The molecule has 0 saturated heterocycles. The first-order valence-electron chi connectivity index (χ1n) is 8.65. The minimum atomic E-state index is -2.48. The molecule has 2 aromatic heterocycles. The first-order chi connectivity index (χ1) is 12.4. The molecule has 0 aromatic carbocycles. The molecule has 2 aromatic rings. The highest BCUT2D eigenvalue weighted by molar-refractivity contribution is 7.99. The number of pyridine rings is 1. The van der Waals surface area contributed by atoms with Crippen molar-refractivity contribution in [1.29, 1.82) is 0 Å². The molecule has 1 fully saturated rings. The normalized spacial score (nSPS) is 17.9. The number of alkyl halides is 2. The molecule has 5 nitrogen and oxygen atoms in total. The molecule has 1 atom stereocenters. The van der Waals surface area contributed by atoms with Gasteiger partial charge in [0.05, 0.1) is 29.5 Å². The molecule has 1 unspecified atom stereocenters. The van der Waals surface area contributed by atoms with Crippen LogP contribution in [0.3, 0.4) is 0 Å². The minimum absolute atomic E-state index is 0.0121. The van der Waals surface area contributed by atoms with Crippen molar-refractivity contribution in [2.75, 3.05) is 23.0 Å². The van der Waals surface area contributed by atoms with Crippen LogP contribution in [0.1, 0.15) is 25.5 Å². The van der Waals surface area contributed by atoms with Gasteiger partial charge in [0.1, 0.15) is 0 Å². The molecule has 1 aliphatic carbocycles. The van der Waals surface area contributed by atoms with Gasteiger partial charge in [-0.3, -0.25) is 9.78 Å². The number of thioether (sulfide) groups is 1. The molecule has 0 bridgehead atoms. The van der Waals surface area contributed by atoms with Crippen LogP contribution in [0.25, 0.3) is 5.69 Å². The number of carbonyl (C=O) groups excluding carboxylic acids is 1. The summed E-state index contributed by atoms with van der Waals surface area (Å²) < 4.78 is 27.4. The van der Waals surface area contributed by atoms with Crippen LogP contribution >= 0.6 is 11.8 Å². The zero-order chi connectivity index (χ0) is 18.7. The van der Waals surface area contributed by atoms with Gasteiger partial charge in [0, 0.05) is 43.0 Å². The molecule has 0 radical (unpaired) electrons. The Hall–Kier alpha value is -1.96. The average molecular weight is 380 g/mol. The monoisotopic (exact) mass is 380 g/mol. The van der Waals surface area contributed by atoms with Crippen molar-refractivity contribution in [2.45, 2.75) is 32.6 Å². The van der Waals surface area contributed by atoms with Gasteiger partial charge in [0.25, 0.3) is 5.92 Å². The first-order valence-corrected chi connectivity index (χ1v) is 9.80. The van der Waals surface area contributed by atoms with Crippen molar-refractivity contribution in [2.24, 2.45) is 5.92 Å². The number of nitrogens with zero attached hydrogens (tertiary/aromatic N) is 4. The Morgan fingerprint density at radius 3 is 2.88 bits per heavy atom. The fraction of sp³-hybridized carbons (Fsp3) is 0.500. The van der Waals surface area contributed by atoms with Gasteiger partial charge in [-0.05, 0) is 26.0 Å². The zero-order valence-electron chi connectivity index (χ0n) is 14.9. The first kappa shape index (κ1) is 18.8. The molecule has 3 rings (SSSR count). The van der Waals surface area contributed by atoms with E-state index in [-0.39, 0.29) is 12.3 Å². The number of halogens is 2. The highest BCUT2D eigenvalue weighted by atomic mass is 32.2. The van der Waals surface area contributed by atoms with E-state index in [0.717, 1.165) is 17.1 Å². The SMILES string of the molecule is CCN(C(=O)CCSCC1CC1(F)F)c1cn(-c2cccnc2)nc1C. The van der Waals surface area contributed by atoms with Gasteiger partial charge in [0.2, 0.25) is 5.91 Å². The summed E-state index contributed by atoms with van der Waals surface area (Å²) in [5.41, 5.74) is 2.35. The number of anilines is 1. The van der Waals surface area contributed by atoms with Crippen LogP contribution in [0.2, 0.25) is 0 Å². The van der Waals surface area contributed by atoms with Crippen LogP contribution in [0, 0.1) is 12.8 Å². The number of aryl methyl sites for hydroxylation is 1. The molecular weight excluding hydrogens is 358 g/mol. The second kappa shape index (κ2) is 7.73. The van der Waals surface area contributed by atoms with Gasteiger partial charge < -0.3 is 4.90 Å². The summed E-state index contributed by atoms with van der Waals surface area (Å²) in [6, 6.07) is 3.72. The van der Waals surface area contributed by atoms with Crippen LogP contribution in [0.4, 0.5) is 14.5 Å². The maximum absolute atomic E-state index is 12.9. The lowest BCUT2D eigenvalue weighted by atomic mass is 10.3. The fourth-order valence-corrected chi connectivity index (χ4v) is 3.92. The summed E-state index contributed by atoms with van der Waals surface area (Å²) in [4.78, 5) is 18.4. The standard InChI is InChI=1S/C18H22F2N4OS/c1-3-23(17(25)6-8-26-12-14-9-18(14,19)20)16-11-24(22-13(16)2)15-5-4-7-21-10-15/h4-5,7,10-11,14H,3,6,8-9,12H2,1-2H3. The van der Waals surface area contributed by atoms with Crippen molar-refractivity contribution in [1.82, 2.24) is 14.8 Å². The van der Waals surface area contributed by atoms with Crippen LogP contribution in [-0.4, -0.2) is 44.6 Å². The lowest BCUT2D eigenvalue weighted by Gasteiger charge is -2.20. The molecular formula is C18H22F2N4OS. The number of amides is 1. The Bertz CT molecular complexity index is 766. The summed E-state index contributed by atoms with van der Waals surface area (Å²) in [7, 11) is 0. The molecule has 8 heteroatoms. The number of hydrogen-bond donors (Lipinski definition) is 0. The van der Waals surface area contributed by atoms with Gasteiger partial charge in [-0.2, -0.15) is 16.9 Å². The van der Waals surface area contributed by atoms with Crippen LogP contribution < -0.4 is 4.90 Å². The van der Waals surface area contributed by atoms with Crippen molar-refractivity contribution in [3.05, 3.63) is 36.4 Å². The molecule has 1 saturated carbocycles. The fourth-order valence-electron chi connectivity index (χ4n) is 2.79. The Balaban J connectivity index is 1.59. The Morgan fingerprint density at radius 1 is 1.50 bits per heavy atom. The van der Waals surface area contributed by atoms with Gasteiger partial charge in [-0.1, -0.05) is 0 Å². The Labute approximate surface area is 155 Å². The molecule has 26 heavy (non-hydrogen) atoms. The molecule has 2 heterocycles. The van der Waals surface area contributed by atoms with E-state index in [2.05, 4.69) is 10.1 Å². The van der Waals surface area contributed by atoms with Crippen LogP contribution in [0.5, 0.6) is 0 Å². The third-order valence-electron chi connectivity index (χ3n) is 4.43. The molecule has 1 amide bonds. The van der Waals surface area contributed by atoms with Gasteiger partial charge in [-0.25, -0.2) is 13.5 Å². The number of carbonyl (C=O) groups is 1. The van der Waals surface area contributed by atoms with Crippen molar-refractivity contribution in [3.8, 4) is 5.69 Å².